The quantitative estimate of drug-likeness (QED) is 0.906. The molecule has 2 atom stereocenters. The minimum atomic E-state index is 0. The zero-order valence-electron chi connectivity index (χ0n) is 12.4. The predicted octanol–water partition coefficient (Wildman–Crippen LogP) is 3.37. The van der Waals surface area contributed by atoms with Crippen LogP contribution in [0.4, 0.5) is 5.69 Å². The first-order chi connectivity index (χ1) is 9.74. The van der Waals surface area contributed by atoms with Gasteiger partial charge in [-0.1, -0.05) is 24.6 Å². The highest BCUT2D eigenvalue weighted by Gasteiger charge is 2.31. The van der Waals surface area contributed by atoms with Gasteiger partial charge in [0.1, 0.15) is 0 Å². The van der Waals surface area contributed by atoms with Crippen LogP contribution in [-0.4, -0.2) is 18.5 Å². The maximum atomic E-state index is 12.7. The van der Waals surface area contributed by atoms with Crippen LogP contribution in [0.2, 0.25) is 0 Å². The smallest absolute Gasteiger partial charge is 0.227 e. The van der Waals surface area contributed by atoms with Gasteiger partial charge in [0, 0.05) is 24.7 Å². The van der Waals surface area contributed by atoms with Crippen LogP contribution in [0.3, 0.4) is 0 Å². The number of rotatable bonds is 5. The summed E-state index contributed by atoms with van der Waals surface area (Å²) >= 11 is 0. The van der Waals surface area contributed by atoms with Crippen LogP contribution < -0.4 is 10.6 Å². The summed E-state index contributed by atoms with van der Waals surface area (Å²) in [5.41, 5.74) is 7.15. The highest BCUT2D eigenvalue weighted by Crippen LogP contribution is 2.33. The second-order valence-corrected chi connectivity index (χ2v) is 6.34. The van der Waals surface area contributed by atoms with Gasteiger partial charge in [-0.2, -0.15) is 0 Å². The van der Waals surface area contributed by atoms with E-state index in [2.05, 4.69) is 0 Å². The van der Waals surface area contributed by atoms with Crippen molar-refractivity contribution in [3.63, 3.8) is 0 Å². The predicted molar refractivity (Wildman–Crippen MR) is 88.7 cm³/mol. The molecule has 3 rings (SSSR count). The highest BCUT2D eigenvalue weighted by molar-refractivity contribution is 5.93. The van der Waals surface area contributed by atoms with E-state index in [0.717, 1.165) is 25.1 Å². The Morgan fingerprint density at radius 2 is 1.86 bits per heavy atom. The lowest BCUT2D eigenvalue weighted by atomic mass is 9.99. The van der Waals surface area contributed by atoms with Crippen molar-refractivity contribution in [3.8, 4) is 0 Å². The molecule has 2 saturated carbocycles. The second-order valence-electron chi connectivity index (χ2n) is 6.34. The maximum absolute atomic E-state index is 12.7. The number of hydrogen-bond acceptors (Lipinski definition) is 2. The fourth-order valence-electron chi connectivity index (χ4n) is 3.17. The van der Waals surface area contributed by atoms with Crippen LogP contribution in [0.5, 0.6) is 0 Å². The molecule has 0 heterocycles. The molecule has 1 aromatic carbocycles. The molecule has 1 amide bonds. The van der Waals surface area contributed by atoms with E-state index in [-0.39, 0.29) is 24.4 Å². The summed E-state index contributed by atoms with van der Waals surface area (Å²) in [5, 5.41) is 0. The van der Waals surface area contributed by atoms with Gasteiger partial charge < -0.3 is 10.6 Å². The molecule has 0 spiro atoms. The van der Waals surface area contributed by atoms with Crippen molar-refractivity contribution in [2.75, 3.05) is 11.4 Å². The number of halogens is 1. The first kappa shape index (κ1) is 16.3. The lowest BCUT2D eigenvalue weighted by Crippen LogP contribution is -2.36. The molecule has 0 bridgehead atoms. The molecule has 0 unspecified atom stereocenters. The van der Waals surface area contributed by atoms with Crippen LogP contribution in [0.1, 0.15) is 38.5 Å². The number of para-hydroxylation sites is 1. The van der Waals surface area contributed by atoms with Crippen molar-refractivity contribution in [1.29, 1.82) is 0 Å². The van der Waals surface area contributed by atoms with E-state index in [1.807, 2.05) is 35.2 Å². The number of hydrogen-bond donors (Lipinski definition) is 1. The number of nitrogens with two attached hydrogens (primary N) is 1. The van der Waals surface area contributed by atoms with Crippen molar-refractivity contribution in [2.24, 2.45) is 17.6 Å². The lowest BCUT2D eigenvalue weighted by molar-refractivity contribution is -0.119. The standard InChI is InChI=1S/C17H24N2O.ClH/c18-16-8-4-5-14(16)11-17(20)19(12-13-9-10-13)15-6-2-1-3-7-15;/h1-3,6-7,13-14,16H,4-5,8-12,18H2;1H/t14-,16+;/m0./s1. The van der Waals surface area contributed by atoms with E-state index in [1.165, 1.54) is 19.3 Å². The molecule has 2 aliphatic rings. The lowest BCUT2D eigenvalue weighted by Gasteiger charge is -2.25. The molecule has 2 aliphatic carbocycles. The van der Waals surface area contributed by atoms with Gasteiger partial charge in [0.2, 0.25) is 5.91 Å². The molecule has 3 nitrogen and oxygen atoms in total. The maximum Gasteiger partial charge on any atom is 0.227 e. The van der Waals surface area contributed by atoms with E-state index in [4.69, 9.17) is 5.73 Å². The number of carbonyl (C=O) groups is 1. The number of carbonyl (C=O) groups excluding carboxylic acids is 1. The third kappa shape index (κ3) is 4.21. The molecule has 0 aliphatic heterocycles. The van der Waals surface area contributed by atoms with E-state index >= 15 is 0 Å². The molecule has 0 saturated heterocycles. The van der Waals surface area contributed by atoms with Crippen molar-refractivity contribution in [1.82, 2.24) is 0 Å². The molecule has 2 N–H and O–H groups in total. The molecule has 21 heavy (non-hydrogen) atoms. The normalized spacial score (nSPS) is 24.4. The van der Waals surface area contributed by atoms with Crippen LogP contribution in [0.25, 0.3) is 0 Å². The van der Waals surface area contributed by atoms with Gasteiger partial charge in [0.05, 0.1) is 0 Å². The van der Waals surface area contributed by atoms with Crippen LogP contribution in [0, 0.1) is 11.8 Å². The molecule has 0 aromatic heterocycles. The molecular formula is C17H25ClN2O. The van der Waals surface area contributed by atoms with Crippen molar-refractivity contribution in [3.05, 3.63) is 30.3 Å². The third-order valence-electron chi connectivity index (χ3n) is 4.66. The van der Waals surface area contributed by atoms with Gasteiger partial charge in [-0.15, -0.1) is 12.4 Å². The largest absolute Gasteiger partial charge is 0.327 e. The average molecular weight is 309 g/mol. The molecule has 1 aromatic rings. The Bertz CT molecular complexity index is 461. The monoisotopic (exact) mass is 308 g/mol. The van der Waals surface area contributed by atoms with Gasteiger partial charge in [-0.3, -0.25) is 4.79 Å². The van der Waals surface area contributed by atoms with Crippen LogP contribution >= 0.6 is 12.4 Å². The number of nitrogens with zero attached hydrogens (tertiary/aromatic N) is 1. The minimum absolute atomic E-state index is 0. The Labute approximate surface area is 133 Å². The first-order valence-corrected chi connectivity index (χ1v) is 7.85. The molecular weight excluding hydrogens is 284 g/mol. The summed E-state index contributed by atoms with van der Waals surface area (Å²) in [7, 11) is 0. The summed E-state index contributed by atoms with van der Waals surface area (Å²) in [6.45, 7) is 0.880. The molecule has 116 valence electrons. The van der Waals surface area contributed by atoms with E-state index in [0.29, 0.717) is 18.3 Å². The van der Waals surface area contributed by atoms with Gasteiger partial charge in [0.15, 0.2) is 0 Å². The van der Waals surface area contributed by atoms with Gasteiger partial charge in [0.25, 0.3) is 0 Å². The Hall–Kier alpha value is -1.06. The number of amides is 1. The second kappa shape index (κ2) is 7.28. The van der Waals surface area contributed by atoms with Gasteiger partial charge in [-0.25, -0.2) is 0 Å². The first-order valence-electron chi connectivity index (χ1n) is 7.85. The zero-order valence-corrected chi connectivity index (χ0v) is 13.2. The van der Waals surface area contributed by atoms with Crippen LogP contribution in [-0.2, 0) is 4.79 Å². The summed E-state index contributed by atoms with van der Waals surface area (Å²) in [6.07, 6.45) is 6.50. The summed E-state index contributed by atoms with van der Waals surface area (Å²) in [6, 6.07) is 10.3. The Morgan fingerprint density at radius 1 is 1.14 bits per heavy atom. The van der Waals surface area contributed by atoms with Crippen molar-refractivity contribution in [2.45, 2.75) is 44.6 Å². The van der Waals surface area contributed by atoms with Crippen molar-refractivity contribution >= 4 is 24.0 Å². The highest BCUT2D eigenvalue weighted by atomic mass is 35.5. The SMILES string of the molecule is Cl.N[C@@H]1CCC[C@H]1CC(=O)N(CC1CC1)c1ccccc1. The van der Waals surface area contributed by atoms with E-state index < -0.39 is 0 Å². The van der Waals surface area contributed by atoms with Gasteiger partial charge in [-0.05, 0) is 49.7 Å². The Balaban J connectivity index is 0.00000161. The molecule has 0 radical (unpaired) electrons. The Kier molecular flexibility index (Phi) is 5.65. The van der Waals surface area contributed by atoms with Gasteiger partial charge >= 0.3 is 0 Å². The number of benzene rings is 1. The van der Waals surface area contributed by atoms with Crippen LogP contribution in [0.15, 0.2) is 30.3 Å². The fraction of sp³-hybridized carbons (Fsp3) is 0.588. The van der Waals surface area contributed by atoms with E-state index in [1.54, 1.807) is 0 Å². The molecule has 4 heteroatoms. The molecule has 2 fully saturated rings. The summed E-state index contributed by atoms with van der Waals surface area (Å²) in [4.78, 5) is 14.7. The topological polar surface area (TPSA) is 46.3 Å². The fourth-order valence-corrected chi connectivity index (χ4v) is 3.17. The average Bonchev–Trinajstić information content (AvgIpc) is 3.20. The minimum Gasteiger partial charge on any atom is -0.327 e. The van der Waals surface area contributed by atoms with Crippen molar-refractivity contribution < 1.29 is 4.79 Å². The van der Waals surface area contributed by atoms with E-state index in [9.17, 15) is 4.79 Å². The number of anilines is 1. The summed E-state index contributed by atoms with van der Waals surface area (Å²) in [5.74, 6) is 1.34. The Morgan fingerprint density at radius 3 is 2.43 bits per heavy atom. The zero-order chi connectivity index (χ0) is 13.9. The third-order valence-corrected chi connectivity index (χ3v) is 4.66. The summed E-state index contributed by atoms with van der Waals surface area (Å²) < 4.78 is 0.